The standard InChI is InChI=1S/C23H26ClN5O2/c1-15(2)26-23(31)27-19-11-9-17(10-12-19)13-25-22(30)20-16(3)28-29(21(20)24)14-18-7-5-4-6-8-18/h4-12,15H,13-14H2,1-3H3,(H,25,30)(H2,26,27,31). The van der Waals surface area contributed by atoms with Crippen LogP contribution in [-0.4, -0.2) is 27.8 Å². The summed E-state index contributed by atoms with van der Waals surface area (Å²) in [6.45, 7) is 6.38. The monoisotopic (exact) mass is 439 g/mol. The van der Waals surface area contributed by atoms with Gasteiger partial charge in [0.15, 0.2) is 0 Å². The van der Waals surface area contributed by atoms with Crippen LogP contribution in [0.2, 0.25) is 5.15 Å². The fourth-order valence-corrected chi connectivity index (χ4v) is 3.40. The minimum atomic E-state index is -0.277. The van der Waals surface area contributed by atoms with Gasteiger partial charge in [-0.25, -0.2) is 9.48 Å². The molecule has 2 aromatic carbocycles. The average Bonchev–Trinajstić information content (AvgIpc) is 3.00. The zero-order chi connectivity index (χ0) is 22.4. The maximum Gasteiger partial charge on any atom is 0.319 e. The summed E-state index contributed by atoms with van der Waals surface area (Å²) >= 11 is 6.45. The molecule has 162 valence electrons. The Hall–Kier alpha value is -3.32. The van der Waals surface area contributed by atoms with E-state index in [-0.39, 0.29) is 18.0 Å². The lowest BCUT2D eigenvalue weighted by Crippen LogP contribution is -2.34. The van der Waals surface area contributed by atoms with Crippen LogP contribution in [0.5, 0.6) is 0 Å². The molecule has 3 amide bonds. The van der Waals surface area contributed by atoms with Crippen molar-refractivity contribution < 1.29 is 9.59 Å². The first kappa shape index (κ1) is 22.4. The Morgan fingerprint density at radius 2 is 1.71 bits per heavy atom. The van der Waals surface area contributed by atoms with Gasteiger partial charge in [-0.1, -0.05) is 54.1 Å². The minimum Gasteiger partial charge on any atom is -0.348 e. The maximum absolute atomic E-state index is 12.7. The Morgan fingerprint density at radius 1 is 1.03 bits per heavy atom. The van der Waals surface area contributed by atoms with Crippen molar-refractivity contribution in [2.45, 2.75) is 39.9 Å². The van der Waals surface area contributed by atoms with Gasteiger partial charge >= 0.3 is 6.03 Å². The summed E-state index contributed by atoms with van der Waals surface area (Å²) in [7, 11) is 0. The largest absolute Gasteiger partial charge is 0.348 e. The Labute approximate surface area is 186 Å². The predicted octanol–water partition coefficient (Wildman–Crippen LogP) is 4.35. The topological polar surface area (TPSA) is 88.1 Å². The zero-order valence-electron chi connectivity index (χ0n) is 17.8. The van der Waals surface area contributed by atoms with Crippen LogP contribution in [0, 0.1) is 6.92 Å². The molecule has 1 aromatic heterocycles. The molecule has 31 heavy (non-hydrogen) atoms. The fraction of sp³-hybridized carbons (Fsp3) is 0.261. The number of anilines is 1. The van der Waals surface area contributed by atoms with Crippen molar-refractivity contribution in [1.29, 1.82) is 0 Å². The van der Waals surface area contributed by atoms with E-state index >= 15 is 0 Å². The van der Waals surface area contributed by atoms with Crippen molar-refractivity contribution in [2.24, 2.45) is 0 Å². The summed E-state index contributed by atoms with van der Waals surface area (Å²) in [5.74, 6) is -0.277. The van der Waals surface area contributed by atoms with Gasteiger partial charge in [0, 0.05) is 18.3 Å². The smallest absolute Gasteiger partial charge is 0.319 e. The molecule has 0 bridgehead atoms. The third-order valence-corrected chi connectivity index (χ3v) is 4.94. The van der Waals surface area contributed by atoms with Crippen molar-refractivity contribution in [3.05, 3.63) is 82.1 Å². The van der Waals surface area contributed by atoms with Crippen LogP contribution in [0.1, 0.15) is 41.0 Å². The molecule has 0 saturated carbocycles. The number of hydrogen-bond donors (Lipinski definition) is 3. The van der Waals surface area contributed by atoms with Crippen LogP contribution in [0.3, 0.4) is 0 Å². The number of rotatable bonds is 7. The highest BCUT2D eigenvalue weighted by Crippen LogP contribution is 2.21. The molecule has 0 radical (unpaired) electrons. The van der Waals surface area contributed by atoms with E-state index in [4.69, 9.17) is 11.6 Å². The molecule has 7 nitrogen and oxygen atoms in total. The van der Waals surface area contributed by atoms with Crippen LogP contribution in [-0.2, 0) is 13.1 Å². The van der Waals surface area contributed by atoms with Crippen LogP contribution in [0.4, 0.5) is 10.5 Å². The van der Waals surface area contributed by atoms with Crippen LogP contribution >= 0.6 is 11.6 Å². The first-order chi connectivity index (χ1) is 14.8. The van der Waals surface area contributed by atoms with Crippen LogP contribution in [0.25, 0.3) is 0 Å². The molecule has 3 N–H and O–H groups in total. The number of benzene rings is 2. The van der Waals surface area contributed by atoms with Crippen molar-refractivity contribution in [3.63, 3.8) is 0 Å². The summed E-state index contributed by atoms with van der Waals surface area (Å²) in [4.78, 5) is 24.5. The van der Waals surface area contributed by atoms with Gasteiger partial charge in [-0.3, -0.25) is 4.79 Å². The molecule has 8 heteroatoms. The van der Waals surface area contributed by atoms with Crippen molar-refractivity contribution >= 4 is 29.2 Å². The highest BCUT2D eigenvalue weighted by Gasteiger charge is 2.20. The summed E-state index contributed by atoms with van der Waals surface area (Å²) in [5, 5.41) is 13.1. The van der Waals surface area contributed by atoms with Gasteiger partial charge in [0.05, 0.1) is 17.8 Å². The quantitative estimate of drug-likeness (QED) is 0.511. The normalized spacial score (nSPS) is 10.7. The molecular weight excluding hydrogens is 414 g/mol. The van der Waals surface area contributed by atoms with Crippen molar-refractivity contribution in [3.8, 4) is 0 Å². The summed E-state index contributed by atoms with van der Waals surface area (Å²) < 4.78 is 1.63. The number of amides is 3. The molecule has 0 fully saturated rings. The first-order valence-corrected chi connectivity index (χ1v) is 10.4. The van der Waals surface area contributed by atoms with E-state index in [1.807, 2.05) is 56.3 Å². The van der Waals surface area contributed by atoms with E-state index in [0.717, 1.165) is 11.1 Å². The first-order valence-electron chi connectivity index (χ1n) is 10.0. The number of nitrogens with one attached hydrogen (secondary N) is 3. The Morgan fingerprint density at radius 3 is 2.35 bits per heavy atom. The van der Waals surface area contributed by atoms with Gasteiger partial charge in [-0.15, -0.1) is 0 Å². The second-order valence-corrected chi connectivity index (χ2v) is 7.89. The maximum atomic E-state index is 12.7. The van der Waals surface area contributed by atoms with E-state index < -0.39 is 0 Å². The van der Waals surface area contributed by atoms with E-state index in [9.17, 15) is 9.59 Å². The van der Waals surface area contributed by atoms with Crippen LogP contribution in [0.15, 0.2) is 54.6 Å². The Kier molecular flexibility index (Phi) is 7.31. The third-order valence-electron chi connectivity index (χ3n) is 4.55. The highest BCUT2D eigenvalue weighted by molar-refractivity contribution is 6.33. The summed E-state index contributed by atoms with van der Waals surface area (Å²) in [6.07, 6.45) is 0. The molecule has 0 aliphatic carbocycles. The molecule has 3 rings (SSSR count). The summed E-state index contributed by atoms with van der Waals surface area (Å²) in [6, 6.07) is 16.9. The van der Waals surface area contributed by atoms with Crippen LogP contribution < -0.4 is 16.0 Å². The molecular formula is C23H26ClN5O2. The lowest BCUT2D eigenvalue weighted by Gasteiger charge is -2.11. The van der Waals surface area contributed by atoms with E-state index in [0.29, 0.717) is 35.2 Å². The number of halogens is 1. The lowest BCUT2D eigenvalue weighted by atomic mass is 10.2. The van der Waals surface area contributed by atoms with Gasteiger partial charge in [0.25, 0.3) is 5.91 Å². The number of urea groups is 1. The molecule has 0 saturated heterocycles. The molecule has 0 atom stereocenters. The lowest BCUT2D eigenvalue weighted by molar-refractivity contribution is 0.0950. The van der Waals surface area contributed by atoms with Gasteiger partial charge < -0.3 is 16.0 Å². The number of aryl methyl sites for hydroxylation is 1. The highest BCUT2D eigenvalue weighted by atomic mass is 35.5. The minimum absolute atomic E-state index is 0.0572. The zero-order valence-corrected chi connectivity index (χ0v) is 18.5. The Bertz CT molecular complexity index is 1050. The predicted molar refractivity (Wildman–Crippen MR) is 122 cm³/mol. The number of carbonyl (C=O) groups excluding carboxylic acids is 2. The molecule has 0 aliphatic rings. The van der Waals surface area contributed by atoms with Crippen molar-refractivity contribution in [1.82, 2.24) is 20.4 Å². The van der Waals surface area contributed by atoms with Gasteiger partial charge in [-0.2, -0.15) is 5.10 Å². The second kappa shape index (κ2) is 10.1. The van der Waals surface area contributed by atoms with Gasteiger partial charge in [0.1, 0.15) is 5.15 Å². The number of aromatic nitrogens is 2. The Balaban J connectivity index is 1.60. The molecule has 3 aromatic rings. The van der Waals surface area contributed by atoms with Crippen molar-refractivity contribution in [2.75, 3.05) is 5.32 Å². The fourth-order valence-electron chi connectivity index (χ4n) is 3.08. The van der Waals surface area contributed by atoms with E-state index in [1.54, 1.807) is 23.7 Å². The van der Waals surface area contributed by atoms with E-state index in [2.05, 4.69) is 21.0 Å². The third kappa shape index (κ3) is 6.08. The molecule has 0 unspecified atom stereocenters. The molecule has 1 heterocycles. The van der Waals surface area contributed by atoms with Gasteiger partial charge in [-0.05, 0) is 44.0 Å². The number of nitrogens with zero attached hydrogens (tertiary/aromatic N) is 2. The van der Waals surface area contributed by atoms with Gasteiger partial charge in [0.2, 0.25) is 0 Å². The number of hydrogen-bond acceptors (Lipinski definition) is 3. The number of carbonyl (C=O) groups is 2. The summed E-state index contributed by atoms with van der Waals surface area (Å²) in [5.41, 5.74) is 3.58. The molecule has 0 aliphatic heterocycles. The SMILES string of the molecule is Cc1nn(Cc2ccccc2)c(Cl)c1C(=O)NCc1ccc(NC(=O)NC(C)C)cc1. The second-order valence-electron chi connectivity index (χ2n) is 7.53. The molecule has 0 spiro atoms. The average molecular weight is 440 g/mol. The van der Waals surface area contributed by atoms with E-state index in [1.165, 1.54) is 0 Å².